The van der Waals surface area contributed by atoms with Gasteiger partial charge >= 0.3 is 0 Å². The fourth-order valence-corrected chi connectivity index (χ4v) is 1.34. The zero-order valence-corrected chi connectivity index (χ0v) is 9.85. The average Bonchev–Trinajstić information content (AvgIpc) is 2.16. The first-order chi connectivity index (χ1) is 7.22. The third kappa shape index (κ3) is 5.11. The molecule has 0 aliphatic rings. The lowest BCUT2D eigenvalue weighted by atomic mass is 10.3. The summed E-state index contributed by atoms with van der Waals surface area (Å²) in [6, 6.07) is 0. The van der Waals surface area contributed by atoms with Gasteiger partial charge < -0.3 is 10.1 Å². The van der Waals surface area contributed by atoms with E-state index in [1.165, 1.54) is 0 Å². The van der Waals surface area contributed by atoms with E-state index in [1.54, 1.807) is 7.11 Å². The van der Waals surface area contributed by atoms with Gasteiger partial charge in [0.25, 0.3) is 0 Å². The third-order valence-electron chi connectivity index (χ3n) is 1.64. The van der Waals surface area contributed by atoms with Gasteiger partial charge in [0.05, 0.1) is 0 Å². The van der Waals surface area contributed by atoms with Gasteiger partial charge in [0.1, 0.15) is 0 Å². The van der Waals surface area contributed by atoms with Gasteiger partial charge in [-0.1, -0.05) is 0 Å². The van der Waals surface area contributed by atoms with E-state index in [0.717, 1.165) is 26.0 Å². The zero-order valence-electron chi connectivity index (χ0n) is 8.33. The minimum absolute atomic E-state index is 0.0920. The summed E-state index contributed by atoms with van der Waals surface area (Å²) in [7, 11) is 1.68. The SMILES string of the molecule is COCCCCNc1nc(Cl)nc(Cl)n1. The Morgan fingerprint density at radius 3 is 2.40 bits per heavy atom. The highest BCUT2D eigenvalue weighted by molar-refractivity contribution is 6.31. The number of anilines is 1. The lowest BCUT2D eigenvalue weighted by Gasteiger charge is -2.04. The fraction of sp³-hybridized carbons (Fsp3) is 0.625. The quantitative estimate of drug-likeness (QED) is 0.783. The van der Waals surface area contributed by atoms with Crippen molar-refractivity contribution < 1.29 is 4.74 Å². The first kappa shape index (κ1) is 12.4. The van der Waals surface area contributed by atoms with Gasteiger partial charge in [0, 0.05) is 20.3 Å². The van der Waals surface area contributed by atoms with E-state index in [-0.39, 0.29) is 10.6 Å². The minimum Gasteiger partial charge on any atom is -0.385 e. The predicted molar refractivity (Wildman–Crippen MR) is 59.4 cm³/mol. The molecule has 1 rings (SSSR count). The normalized spacial score (nSPS) is 10.3. The summed E-state index contributed by atoms with van der Waals surface area (Å²) in [5, 5.41) is 3.18. The van der Waals surface area contributed by atoms with Crippen LogP contribution >= 0.6 is 23.2 Å². The highest BCUT2D eigenvalue weighted by Crippen LogP contribution is 2.09. The molecule has 0 radical (unpaired) electrons. The number of ether oxygens (including phenoxy) is 1. The molecule has 0 fully saturated rings. The first-order valence-electron chi connectivity index (χ1n) is 4.52. The van der Waals surface area contributed by atoms with E-state index < -0.39 is 0 Å². The predicted octanol–water partition coefficient (Wildman–Crippen LogP) is 2.02. The third-order valence-corrected chi connectivity index (χ3v) is 1.98. The van der Waals surface area contributed by atoms with Crippen LogP contribution in [-0.4, -0.2) is 35.2 Å². The summed E-state index contributed by atoms with van der Waals surface area (Å²) in [6.45, 7) is 1.50. The van der Waals surface area contributed by atoms with Crippen molar-refractivity contribution in [3.63, 3.8) is 0 Å². The molecular formula is C8H12Cl2N4O. The van der Waals surface area contributed by atoms with Gasteiger partial charge in [-0.3, -0.25) is 0 Å². The second kappa shape index (κ2) is 6.76. The molecule has 0 bridgehead atoms. The van der Waals surface area contributed by atoms with Crippen molar-refractivity contribution in [3.05, 3.63) is 10.6 Å². The van der Waals surface area contributed by atoms with Crippen LogP contribution in [-0.2, 0) is 4.74 Å². The van der Waals surface area contributed by atoms with Crippen molar-refractivity contribution in [2.75, 3.05) is 25.6 Å². The molecule has 1 aromatic rings. The molecule has 0 unspecified atom stereocenters. The molecule has 0 spiro atoms. The van der Waals surface area contributed by atoms with Crippen LogP contribution in [0.5, 0.6) is 0 Å². The van der Waals surface area contributed by atoms with E-state index in [0.29, 0.717) is 5.95 Å². The Morgan fingerprint density at radius 1 is 1.13 bits per heavy atom. The van der Waals surface area contributed by atoms with Crippen LogP contribution in [0.4, 0.5) is 5.95 Å². The lowest BCUT2D eigenvalue weighted by Crippen LogP contribution is -2.07. The Kier molecular flexibility index (Phi) is 5.60. The second-order valence-electron chi connectivity index (χ2n) is 2.82. The Labute approximate surface area is 98.2 Å². The number of methoxy groups -OCH3 is 1. The van der Waals surface area contributed by atoms with Gasteiger partial charge in [0.2, 0.25) is 16.5 Å². The highest BCUT2D eigenvalue weighted by Gasteiger charge is 2.01. The molecule has 0 amide bonds. The van der Waals surface area contributed by atoms with Crippen molar-refractivity contribution in [1.29, 1.82) is 0 Å². The molecule has 1 N–H and O–H groups in total. The average molecular weight is 251 g/mol. The molecule has 0 atom stereocenters. The number of hydrogen-bond donors (Lipinski definition) is 1. The van der Waals surface area contributed by atoms with Crippen LogP contribution in [0.2, 0.25) is 10.6 Å². The van der Waals surface area contributed by atoms with Crippen molar-refractivity contribution in [1.82, 2.24) is 15.0 Å². The summed E-state index contributed by atoms with van der Waals surface area (Å²) in [6.07, 6.45) is 1.95. The molecule has 15 heavy (non-hydrogen) atoms. The van der Waals surface area contributed by atoms with Crippen LogP contribution in [0, 0.1) is 0 Å². The molecule has 1 aromatic heterocycles. The maximum Gasteiger partial charge on any atom is 0.228 e. The van der Waals surface area contributed by atoms with Crippen LogP contribution in [0.3, 0.4) is 0 Å². The molecule has 0 aromatic carbocycles. The summed E-state index contributed by atoms with van der Waals surface area (Å²) in [5.41, 5.74) is 0. The standard InChI is InChI=1S/C8H12Cl2N4O/c1-15-5-3-2-4-11-8-13-6(9)12-7(10)14-8/h2-5H2,1H3,(H,11,12,13,14). The number of halogens is 2. The lowest BCUT2D eigenvalue weighted by molar-refractivity contribution is 0.193. The van der Waals surface area contributed by atoms with E-state index >= 15 is 0 Å². The number of nitrogens with one attached hydrogen (secondary N) is 1. The fourth-order valence-electron chi connectivity index (χ4n) is 0.977. The monoisotopic (exact) mass is 250 g/mol. The van der Waals surface area contributed by atoms with Crippen molar-refractivity contribution in [2.45, 2.75) is 12.8 Å². The Hall–Kier alpha value is -0.650. The maximum absolute atomic E-state index is 5.61. The number of hydrogen-bond acceptors (Lipinski definition) is 5. The number of nitrogens with zero attached hydrogens (tertiary/aromatic N) is 3. The minimum atomic E-state index is 0.0920. The van der Waals surface area contributed by atoms with E-state index in [4.69, 9.17) is 27.9 Å². The summed E-state index contributed by atoms with van der Waals surface area (Å²) >= 11 is 11.2. The van der Waals surface area contributed by atoms with E-state index in [1.807, 2.05) is 0 Å². The highest BCUT2D eigenvalue weighted by atomic mass is 35.5. The zero-order chi connectivity index (χ0) is 11.1. The van der Waals surface area contributed by atoms with Crippen LogP contribution in [0.25, 0.3) is 0 Å². The van der Waals surface area contributed by atoms with Gasteiger partial charge in [-0.15, -0.1) is 0 Å². The van der Waals surface area contributed by atoms with Crippen molar-refractivity contribution >= 4 is 29.2 Å². The number of aromatic nitrogens is 3. The Morgan fingerprint density at radius 2 is 1.80 bits per heavy atom. The molecule has 0 aliphatic heterocycles. The molecule has 0 aliphatic carbocycles. The largest absolute Gasteiger partial charge is 0.385 e. The van der Waals surface area contributed by atoms with Gasteiger partial charge in [-0.2, -0.15) is 15.0 Å². The number of unbranched alkanes of at least 4 members (excludes halogenated alkanes) is 1. The summed E-state index contributed by atoms with van der Waals surface area (Å²) in [4.78, 5) is 11.4. The Balaban J connectivity index is 2.31. The van der Waals surface area contributed by atoms with Crippen LogP contribution < -0.4 is 5.32 Å². The maximum atomic E-state index is 5.61. The van der Waals surface area contributed by atoms with Crippen LogP contribution in [0.1, 0.15) is 12.8 Å². The second-order valence-corrected chi connectivity index (χ2v) is 3.50. The van der Waals surface area contributed by atoms with E-state index in [9.17, 15) is 0 Å². The van der Waals surface area contributed by atoms with Gasteiger partial charge in [-0.05, 0) is 36.0 Å². The smallest absolute Gasteiger partial charge is 0.228 e. The molecule has 0 saturated heterocycles. The molecule has 84 valence electrons. The molecule has 5 nitrogen and oxygen atoms in total. The van der Waals surface area contributed by atoms with Crippen molar-refractivity contribution in [3.8, 4) is 0 Å². The van der Waals surface area contributed by atoms with E-state index in [2.05, 4.69) is 20.3 Å². The molecular weight excluding hydrogens is 239 g/mol. The number of rotatable bonds is 6. The molecule has 1 heterocycles. The van der Waals surface area contributed by atoms with Gasteiger partial charge in [-0.25, -0.2) is 0 Å². The van der Waals surface area contributed by atoms with Gasteiger partial charge in [0.15, 0.2) is 0 Å². The Bertz CT molecular complexity index is 290. The van der Waals surface area contributed by atoms with Crippen molar-refractivity contribution in [2.24, 2.45) is 0 Å². The topological polar surface area (TPSA) is 59.9 Å². The van der Waals surface area contributed by atoms with Crippen LogP contribution in [0.15, 0.2) is 0 Å². The summed E-state index contributed by atoms with van der Waals surface area (Å²) in [5.74, 6) is 0.400. The first-order valence-corrected chi connectivity index (χ1v) is 5.28. The summed E-state index contributed by atoms with van der Waals surface area (Å²) < 4.78 is 4.92. The molecule has 7 heteroatoms. The molecule has 0 saturated carbocycles.